The number of nitrogens with one attached hydrogen (secondary N) is 1. The van der Waals surface area contributed by atoms with E-state index in [4.69, 9.17) is 17.3 Å². The van der Waals surface area contributed by atoms with Gasteiger partial charge in [-0.3, -0.25) is 0 Å². The first-order valence-electron chi connectivity index (χ1n) is 4.94. The van der Waals surface area contributed by atoms with Crippen LogP contribution in [-0.4, -0.2) is 17.6 Å². The summed E-state index contributed by atoms with van der Waals surface area (Å²) >= 11 is 5.57. The highest BCUT2D eigenvalue weighted by atomic mass is 35.5. The number of hydrogen-bond donors (Lipinski definition) is 2. The van der Waals surface area contributed by atoms with Crippen molar-refractivity contribution in [1.82, 2.24) is 4.98 Å². The summed E-state index contributed by atoms with van der Waals surface area (Å²) in [5.41, 5.74) is 5.77. The number of hydrogen-bond acceptors (Lipinski definition) is 3. The Hall–Kier alpha value is -0.870. The van der Waals surface area contributed by atoms with Gasteiger partial charge in [0.15, 0.2) is 11.6 Å². The molecule has 84 valence electrons. The van der Waals surface area contributed by atoms with Crippen LogP contribution in [0, 0.1) is 5.82 Å². The number of rotatable bonds is 5. The van der Waals surface area contributed by atoms with Crippen molar-refractivity contribution in [1.29, 1.82) is 0 Å². The van der Waals surface area contributed by atoms with Crippen LogP contribution in [0.4, 0.5) is 10.2 Å². The molecule has 5 heteroatoms. The van der Waals surface area contributed by atoms with Gasteiger partial charge in [0.05, 0.1) is 5.02 Å². The summed E-state index contributed by atoms with van der Waals surface area (Å²) in [4.78, 5) is 3.84. The average molecular weight is 232 g/mol. The van der Waals surface area contributed by atoms with E-state index in [1.54, 1.807) is 0 Å². The van der Waals surface area contributed by atoms with Crippen LogP contribution >= 0.6 is 11.6 Å². The predicted octanol–water partition coefficient (Wildman–Crippen LogP) is 2.41. The minimum absolute atomic E-state index is 0.0203. The van der Waals surface area contributed by atoms with Crippen molar-refractivity contribution >= 4 is 17.4 Å². The minimum atomic E-state index is -0.453. The molecule has 1 heterocycles. The second-order valence-corrected chi connectivity index (χ2v) is 3.85. The van der Waals surface area contributed by atoms with Crippen LogP contribution in [-0.2, 0) is 0 Å². The lowest BCUT2D eigenvalue weighted by molar-refractivity contribution is 0.607. The Balaban J connectivity index is 2.50. The molecular weight excluding hydrogens is 217 g/mol. The number of anilines is 1. The molecule has 0 fully saturated rings. The molecule has 1 aromatic heterocycles. The lowest BCUT2D eigenvalue weighted by Crippen LogP contribution is -2.29. The Morgan fingerprint density at radius 2 is 2.40 bits per heavy atom. The fourth-order valence-electron chi connectivity index (χ4n) is 1.25. The molecule has 0 amide bonds. The Labute approximate surface area is 93.8 Å². The second-order valence-electron chi connectivity index (χ2n) is 3.41. The van der Waals surface area contributed by atoms with Gasteiger partial charge in [0.25, 0.3) is 0 Å². The molecule has 0 aliphatic carbocycles. The summed E-state index contributed by atoms with van der Waals surface area (Å²) in [6.45, 7) is 2.57. The average Bonchev–Trinajstić information content (AvgIpc) is 2.17. The fourth-order valence-corrected chi connectivity index (χ4v) is 1.39. The Morgan fingerprint density at radius 3 is 3.00 bits per heavy atom. The van der Waals surface area contributed by atoms with Crippen molar-refractivity contribution in [2.45, 2.75) is 25.8 Å². The van der Waals surface area contributed by atoms with E-state index in [-0.39, 0.29) is 16.9 Å². The zero-order valence-electron chi connectivity index (χ0n) is 8.63. The van der Waals surface area contributed by atoms with E-state index in [1.807, 2.05) is 0 Å². The Kier molecular flexibility index (Phi) is 4.78. The Morgan fingerprint density at radius 1 is 1.67 bits per heavy atom. The standard InChI is InChI=1S/C10H15ClFN3/c1-2-3-8(13)6-15-10-9(12)4-7(11)5-14-10/h4-5,8H,2-3,6,13H2,1H3,(H,14,15). The first-order chi connectivity index (χ1) is 7.13. The van der Waals surface area contributed by atoms with E-state index in [1.165, 1.54) is 12.3 Å². The van der Waals surface area contributed by atoms with Gasteiger partial charge in [-0.05, 0) is 12.5 Å². The van der Waals surface area contributed by atoms with E-state index in [2.05, 4.69) is 17.2 Å². The summed E-state index contributed by atoms with van der Waals surface area (Å²) in [5.74, 6) is -0.253. The van der Waals surface area contributed by atoms with E-state index >= 15 is 0 Å². The number of halogens is 2. The number of nitrogens with two attached hydrogens (primary N) is 1. The molecule has 1 rings (SSSR count). The highest BCUT2D eigenvalue weighted by Gasteiger charge is 2.06. The highest BCUT2D eigenvalue weighted by molar-refractivity contribution is 6.30. The van der Waals surface area contributed by atoms with Gasteiger partial charge in [-0.1, -0.05) is 24.9 Å². The van der Waals surface area contributed by atoms with Crippen LogP contribution in [0.3, 0.4) is 0 Å². The molecule has 0 aromatic carbocycles. The SMILES string of the molecule is CCCC(N)CNc1ncc(Cl)cc1F. The number of nitrogens with zero attached hydrogens (tertiary/aromatic N) is 1. The van der Waals surface area contributed by atoms with E-state index < -0.39 is 5.82 Å². The van der Waals surface area contributed by atoms with Crippen molar-refractivity contribution < 1.29 is 4.39 Å². The molecular formula is C10H15ClFN3. The van der Waals surface area contributed by atoms with Gasteiger partial charge in [0, 0.05) is 18.8 Å². The van der Waals surface area contributed by atoms with Crippen molar-refractivity contribution in [3.63, 3.8) is 0 Å². The number of aromatic nitrogens is 1. The van der Waals surface area contributed by atoms with Crippen LogP contribution in [0.2, 0.25) is 5.02 Å². The van der Waals surface area contributed by atoms with Gasteiger partial charge >= 0.3 is 0 Å². The quantitative estimate of drug-likeness (QED) is 0.818. The van der Waals surface area contributed by atoms with Crippen LogP contribution < -0.4 is 11.1 Å². The first kappa shape index (κ1) is 12.2. The van der Waals surface area contributed by atoms with E-state index in [0.717, 1.165) is 12.8 Å². The van der Waals surface area contributed by atoms with Crippen LogP contribution in [0.1, 0.15) is 19.8 Å². The second kappa shape index (κ2) is 5.88. The molecule has 0 aliphatic rings. The van der Waals surface area contributed by atoms with Gasteiger partial charge in [-0.2, -0.15) is 0 Å². The summed E-state index contributed by atoms with van der Waals surface area (Å²) in [5, 5.41) is 3.14. The van der Waals surface area contributed by atoms with Gasteiger partial charge in [0.1, 0.15) is 0 Å². The highest BCUT2D eigenvalue weighted by Crippen LogP contribution is 2.15. The van der Waals surface area contributed by atoms with Crippen LogP contribution in [0.15, 0.2) is 12.3 Å². The lowest BCUT2D eigenvalue weighted by atomic mass is 10.2. The molecule has 0 saturated heterocycles. The third-order valence-electron chi connectivity index (χ3n) is 2.00. The molecule has 1 unspecified atom stereocenters. The van der Waals surface area contributed by atoms with Gasteiger partial charge in [-0.15, -0.1) is 0 Å². The molecule has 3 N–H and O–H groups in total. The van der Waals surface area contributed by atoms with Gasteiger partial charge in [-0.25, -0.2) is 9.37 Å². The molecule has 0 radical (unpaired) electrons. The van der Waals surface area contributed by atoms with Gasteiger partial charge < -0.3 is 11.1 Å². The minimum Gasteiger partial charge on any atom is -0.366 e. The summed E-state index contributed by atoms with van der Waals surface area (Å²) in [7, 11) is 0. The first-order valence-corrected chi connectivity index (χ1v) is 5.31. The van der Waals surface area contributed by atoms with Gasteiger partial charge in [0.2, 0.25) is 0 Å². The largest absolute Gasteiger partial charge is 0.366 e. The summed E-state index contributed by atoms with van der Waals surface area (Å²) < 4.78 is 13.2. The maximum absolute atomic E-state index is 13.2. The molecule has 1 aromatic rings. The zero-order chi connectivity index (χ0) is 11.3. The number of pyridine rings is 1. The molecule has 0 aliphatic heterocycles. The van der Waals surface area contributed by atoms with E-state index in [0.29, 0.717) is 6.54 Å². The van der Waals surface area contributed by atoms with Crippen LogP contribution in [0.25, 0.3) is 0 Å². The molecule has 0 saturated carbocycles. The van der Waals surface area contributed by atoms with Crippen LogP contribution in [0.5, 0.6) is 0 Å². The lowest BCUT2D eigenvalue weighted by Gasteiger charge is -2.12. The summed E-state index contributed by atoms with van der Waals surface area (Å²) in [6, 6.07) is 1.24. The smallest absolute Gasteiger partial charge is 0.166 e. The third kappa shape index (κ3) is 4.01. The maximum Gasteiger partial charge on any atom is 0.166 e. The zero-order valence-corrected chi connectivity index (χ0v) is 9.39. The monoisotopic (exact) mass is 231 g/mol. The molecule has 0 bridgehead atoms. The topological polar surface area (TPSA) is 50.9 Å². The van der Waals surface area contributed by atoms with Crippen molar-refractivity contribution in [3.05, 3.63) is 23.1 Å². The Bertz CT molecular complexity index is 320. The molecule has 15 heavy (non-hydrogen) atoms. The predicted molar refractivity (Wildman–Crippen MR) is 60.6 cm³/mol. The van der Waals surface area contributed by atoms with Crippen molar-refractivity contribution in [2.24, 2.45) is 5.73 Å². The normalized spacial score (nSPS) is 12.5. The molecule has 0 spiro atoms. The third-order valence-corrected chi connectivity index (χ3v) is 2.21. The molecule has 3 nitrogen and oxygen atoms in total. The maximum atomic E-state index is 13.2. The molecule has 1 atom stereocenters. The summed E-state index contributed by atoms with van der Waals surface area (Å²) in [6.07, 6.45) is 3.32. The van der Waals surface area contributed by atoms with Crippen molar-refractivity contribution in [3.8, 4) is 0 Å². The fraction of sp³-hybridized carbons (Fsp3) is 0.500. The van der Waals surface area contributed by atoms with Crippen molar-refractivity contribution in [2.75, 3.05) is 11.9 Å². The van der Waals surface area contributed by atoms with E-state index in [9.17, 15) is 4.39 Å².